The molecule has 0 saturated heterocycles. The van der Waals surface area contributed by atoms with Gasteiger partial charge in [-0.15, -0.1) is 0 Å². The van der Waals surface area contributed by atoms with Crippen molar-refractivity contribution in [1.82, 2.24) is 0 Å². The fourth-order valence-electron chi connectivity index (χ4n) is 4.43. The molecule has 0 heterocycles. The summed E-state index contributed by atoms with van der Waals surface area (Å²) in [5, 5.41) is 9.49. The van der Waals surface area contributed by atoms with Crippen molar-refractivity contribution in [2.75, 3.05) is 18.1 Å². The zero-order valence-electron chi connectivity index (χ0n) is 15.1. The molecule has 1 aromatic rings. The second-order valence-electron chi connectivity index (χ2n) is 8.00. The maximum Gasteiger partial charge on any atom is 0.0611 e. The van der Waals surface area contributed by atoms with E-state index in [9.17, 15) is 5.11 Å². The fraction of sp³-hybridized carbons (Fsp3) is 0.714. The lowest BCUT2D eigenvalue weighted by Gasteiger charge is -2.26. The van der Waals surface area contributed by atoms with Crippen LogP contribution in [0.5, 0.6) is 0 Å². The second-order valence-corrected chi connectivity index (χ2v) is 9.22. The SMILES string of the molecule is CCCSCC[C@H]1CCc2cc([C@H]3CC[C@](N)(CO)C3)ccc2C1. The smallest absolute Gasteiger partial charge is 0.0611 e. The highest BCUT2D eigenvalue weighted by Crippen LogP contribution is 2.40. The molecular weight excluding hydrogens is 314 g/mol. The normalized spacial score (nSPS) is 29.6. The molecule has 1 fully saturated rings. The Morgan fingerprint density at radius 1 is 1.25 bits per heavy atom. The van der Waals surface area contributed by atoms with Crippen molar-refractivity contribution < 1.29 is 5.11 Å². The van der Waals surface area contributed by atoms with E-state index < -0.39 is 0 Å². The Balaban J connectivity index is 1.58. The van der Waals surface area contributed by atoms with Gasteiger partial charge in [-0.05, 0) is 91.4 Å². The minimum atomic E-state index is -0.345. The van der Waals surface area contributed by atoms with Gasteiger partial charge in [0.1, 0.15) is 0 Å². The van der Waals surface area contributed by atoms with Gasteiger partial charge in [-0.3, -0.25) is 0 Å². The van der Waals surface area contributed by atoms with Gasteiger partial charge in [-0.2, -0.15) is 11.8 Å². The van der Waals surface area contributed by atoms with Gasteiger partial charge in [0.05, 0.1) is 6.61 Å². The molecule has 2 nitrogen and oxygen atoms in total. The number of fused-ring (bicyclic) bond motifs is 1. The molecule has 24 heavy (non-hydrogen) atoms. The molecule has 0 spiro atoms. The zero-order valence-corrected chi connectivity index (χ0v) is 15.9. The van der Waals surface area contributed by atoms with Gasteiger partial charge in [0.25, 0.3) is 0 Å². The molecule has 3 atom stereocenters. The summed E-state index contributed by atoms with van der Waals surface area (Å²) in [5.74, 6) is 4.05. The third-order valence-electron chi connectivity index (χ3n) is 6.01. The Bertz CT molecular complexity index is 547. The Hall–Kier alpha value is -0.510. The van der Waals surface area contributed by atoms with Crippen LogP contribution < -0.4 is 5.73 Å². The molecular formula is C21H33NOS. The van der Waals surface area contributed by atoms with Crippen LogP contribution in [0.1, 0.15) is 68.1 Å². The standard InChI is InChI=1S/C21H33NOS/c1-2-10-24-11-8-16-3-4-18-13-19(6-5-17(18)12-16)20-7-9-21(22,14-20)15-23/h5-6,13,16,20,23H,2-4,7-12,14-15,22H2,1H3/t16-,20+,21-/m1/s1. The first-order valence-corrected chi connectivity index (χ1v) is 10.9. The number of benzene rings is 1. The Kier molecular flexibility index (Phi) is 6.28. The molecule has 3 rings (SSSR count). The van der Waals surface area contributed by atoms with Crippen molar-refractivity contribution in [3.8, 4) is 0 Å². The molecule has 0 aliphatic heterocycles. The number of aliphatic hydroxyl groups is 1. The van der Waals surface area contributed by atoms with Crippen molar-refractivity contribution in [3.63, 3.8) is 0 Å². The van der Waals surface area contributed by atoms with Gasteiger partial charge in [-0.25, -0.2) is 0 Å². The minimum Gasteiger partial charge on any atom is -0.394 e. The fourth-order valence-corrected chi connectivity index (χ4v) is 5.42. The van der Waals surface area contributed by atoms with Crippen molar-refractivity contribution >= 4 is 11.8 Å². The first-order chi connectivity index (χ1) is 11.6. The summed E-state index contributed by atoms with van der Waals surface area (Å²) < 4.78 is 0. The van der Waals surface area contributed by atoms with Gasteiger partial charge in [-0.1, -0.05) is 25.1 Å². The number of nitrogens with two attached hydrogens (primary N) is 1. The third-order valence-corrected chi connectivity index (χ3v) is 7.23. The van der Waals surface area contributed by atoms with E-state index >= 15 is 0 Å². The summed E-state index contributed by atoms with van der Waals surface area (Å²) in [4.78, 5) is 0. The maximum atomic E-state index is 9.49. The highest BCUT2D eigenvalue weighted by Gasteiger charge is 2.36. The lowest BCUT2D eigenvalue weighted by atomic mass is 9.80. The highest BCUT2D eigenvalue weighted by atomic mass is 32.2. The first kappa shape index (κ1) is 18.3. The average molecular weight is 348 g/mol. The molecule has 2 aliphatic carbocycles. The summed E-state index contributed by atoms with van der Waals surface area (Å²) in [6, 6.07) is 7.16. The monoisotopic (exact) mass is 347 g/mol. The van der Waals surface area contributed by atoms with E-state index in [1.54, 1.807) is 11.1 Å². The van der Waals surface area contributed by atoms with Crippen LogP contribution in [0.3, 0.4) is 0 Å². The summed E-state index contributed by atoms with van der Waals surface area (Å²) in [6.45, 7) is 2.38. The average Bonchev–Trinajstić information content (AvgIpc) is 3.01. The number of hydrogen-bond donors (Lipinski definition) is 2. The van der Waals surface area contributed by atoms with Gasteiger partial charge in [0.15, 0.2) is 0 Å². The van der Waals surface area contributed by atoms with Crippen molar-refractivity contribution in [2.45, 2.75) is 69.7 Å². The Morgan fingerprint density at radius 3 is 2.88 bits per heavy atom. The van der Waals surface area contributed by atoms with E-state index in [1.807, 2.05) is 0 Å². The van der Waals surface area contributed by atoms with E-state index in [4.69, 9.17) is 5.73 Å². The largest absolute Gasteiger partial charge is 0.394 e. The summed E-state index contributed by atoms with van der Waals surface area (Å²) in [6.07, 6.45) is 9.53. The number of aryl methyl sites for hydroxylation is 1. The predicted octanol–water partition coefficient (Wildman–Crippen LogP) is 4.28. The topological polar surface area (TPSA) is 46.2 Å². The minimum absolute atomic E-state index is 0.117. The van der Waals surface area contributed by atoms with E-state index in [-0.39, 0.29) is 12.1 Å². The maximum absolute atomic E-state index is 9.49. The molecule has 0 bridgehead atoms. The van der Waals surface area contributed by atoms with Gasteiger partial charge >= 0.3 is 0 Å². The molecule has 0 aromatic heterocycles. The molecule has 1 saturated carbocycles. The van der Waals surface area contributed by atoms with Crippen LogP contribution in [0.25, 0.3) is 0 Å². The molecule has 3 heteroatoms. The van der Waals surface area contributed by atoms with Crippen molar-refractivity contribution in [1.29, 1.82) is 0 Å². The number of rotatable bonds is 7. The van der Waals surface area contributed by atoms with Gasteiger partial charge in [0, 0.05) is 5.54 Å². The van der Waals surface area contributed by atoms with Crippen LogP contribution in [0.4, 0.5) is 0 Å². The molecule has 0 amide bonds. The van der Waals surface area contributed by atoms with Gasteiger partial charge < -0.3 is 10.8 Å². The van der Waals surface area contributed by atoms with E-state index in [0.717, 1.165) is 25.2 Å². The van der Waals surface area contributed by atoms with Crippen LogP contribution in [0, 0.1) is 5.92 Å². The highest BCUT2D eigenvalue weighted by molar-refractivity contribution is 7.99. The second kappa shape index (κ2) is 8.25. The van der Waals surface area contributed by atoms with E-state index in [1.165, 1.54) is 49.2 Å². The molecule has 134 valence electrons. The lowest BCUT2D eigenvalue weighted by Crippen LogP contribution is -2.40. The lowest BCUT2D eigenvalue weighted by molar-refractivity contribution is 0.198. The molecule has 3 N–H and O–H groups in total. The van der Waals surface area contributed by atoms with E-state index in [2.05, 4.69) is 36.9 Å². The first-order valence-electron chi connectivity index (χ1n) is 9.73. The Morgan fingerprint density at radius 2 is 2.12 bits per heavy atom. The quantitative estimate of drug-likeness (QED) is 0.724. The number of hydrogen-bond acceptors (Lipinski definition) is 3. The summed E-state index contributed by atoms with van der Waals surface area (Å²) in [5.41, 5.74) is 10.5. The summed E-state index contributed by atoms with van der Waals surface area (Å²) in [7, 11) is 0. The third kappa shape index (κ3) is 4.36. The van der Waals surface area contributed by atoms with Crippen molar-refractivity contribution in [2.24, 2.45) is 11.7 Å². The van der Waals surface area contributed by atoms with Crippen LogP contribution in [-0.4, -0.2) is 28.8 Å². The van der Waals surface area contributed by atoms with E-state index in [0.29, 0.717) is 5.92 Å². The molecule has 2 aliphatic rings. The van der Waals surface area contributed by atoms with Gasteiger partial charge in [0.2, 0.25) is 0 Å². The summed E-state index contributed by atoms with van der Waals surface area (Å²) >= 11 is 2.12. The molecule has 1 aromatic carbocycles. The van der Waals surface area contributed by atoms with Crippen molar-refractivity contribution in [3.05, 3.63) is 34.9 Å². The number of aliphatic hydroxyl groups excluding tert-OH is 1. The zero-order chi connectivity index (χ0) is 17.0. The molecule has 0 radical (unpaired) electrons. The van der Waals surface area contributed by atoms with Crippen LogP contribution in [0.2, 0.25) is 0 Å². The predicted molar refractivity (Wildman–Crippen MR) is 105 cm³/mol. The van der Waals surface area contributed by atoms with Crippen LogP contribution >= 0.6 is 11.8 Å². The number of thioether (sulfide) groups is 1. The van der Waals surface area contributed by atoms with Crippen LogP contribution in [-0.2, 0) is 12.8 Å². The molecule has 0 unspecified atom stereocenters. The van der Waals surface area contributed by atoms with Crippen LogP contribution in [0.15, 0.2) is 18.2 Å². The Labute approximate surface area is 151 Å².